The van der Waals surface area contributed by atoms with E-state index in [0.717, 1.165) is 24.2 Å². The molecule has 0 spiro atoms. The largest absolute Gasteiger partial charge is 0.351 e. The van der Waals surface area contributed by atoms with Gasteiger partial charge in [-0.15, -0.1) is 0 Å². The van der Waals surface area contributed by atoms with Gasteiger partial charge in [0.15, 0.2) is 11.5 Å². The predicted octanol–water partition coefficient (Wildman–Crippen LogP) is 2.56. The minimum absolute atomic E-state index is 0.146. The number of carbonyl (C=O) groups is 1. The fraction of sp³-hybridized carbons (Fsp3) is 0.375. The van der Waals surface area contributed by atoms with E-state index < -0.39 is 0 Å². The second-order valence-electron chi connectivity index (χ2n) is 8.92. The second-order valence-corrected chi connectivity index (χ2v) is 8.92. The summed E-state index contributed by atoms with van der Waals surface area (Å²) in [7, 11) is 1.81. The number of hydrogen-bond donors (Lipinski definition) is 3. The van der Waals surface area contributed by atoms with Crippen LogP contribution in [-0.4, -0.2) is 71.2 Å². The first-order valence-corrected chi connectivity index (χ1v) is 12.0. The molecule has 1 fully saturated rings. The lowest BCUT2D eigenvalue weighted by molar-refractivity contribution is 0.0947. The van der Waals surface area contributed by atoms with Crippen molar-refractivity contribution in [2.24, 2.45) is 7.05 Å². The Morgan fingerprint density at radius 2 is 1.97 bits per heavy atom. The van der Waals surface area contributed by atoms with Crippen molar-refractivity contribution in [1.29, 1.82) is 0 Å². The number of rotatable bonds is 8. The lowest BCUT2D eigenvalue weighted by Crippen LogP contribution is -2.36. The summed E-state index contributed by atoms with van der Waals surface area (Å²) in [6, 6.07) is 2.37. The van der Waals surface area contributed by atoms with Crippen molar-refractivity contribution >= 4 is 40.1 Å². The zero-order valence-corrected chi connectivity index (χ0v) is 20.6. The lowest BCUT2D eigenvalue weighted by atomic mass is 10.2. The summed E-state index contributed by atoms with van der Waals surface area (Å²) in [5.41, 5.74) is 3.26. The molecule has 0 bridgehead atoms. The van der Waals surface area contributed by atoms with E-state index in [0.29, 0.717) is 46.9 Å². The molecule has 36 heavy (non-hydrogen) atoms. The fourth-order valence-corrected chi connectivity index (χ4v) is 4.33. The number of nitrogens with zero attached hydrogens (tertiary/aromatic N) is 8. The number of anilines is 4. The Bertz CT molecular complexity index is 1370. The van der Waals surface area contributed by atoms with Gasteiger partial charge in [0, 0.05) is 38.6 Å². The number of likely N-dealkylation sites (tertiary alicyclic amines) is 1. The summed E-state index contributed by atoms with van der Waals surface area (Å²) < 4.78 is 1.67. The molecule has 1 aliphatic heterocycles. The highest BCUT2D eigenvalue weighted by Crippen LogP contribution is 2.26. The van der Waals surface area contributed by atoms with Crippen LogP contribution in [0.1, 0.15) is 35.8 Å². The van der Waals surface area contributed by atoms with E-state index in [1.54, 1.807) is 35.5 Å². The first-order valence-electron chi connectivity index (χ1n) is 12.0. The fourth-order valence-electron chi connectivity index (χ4n) is 4.33. The molecule has 5 heterocycles. The molecule has 3 N–H and O–H groups in total. The normalized spacial score (nSPS) is 15.8. The van der Waals surface area contributed by atoms with Gasteiger partial charge in [-0.25, -0.2) is 19.6 Å². The third-order valence-corrected chi connectivity index (χ3v) is 6.37. The highest BCUT2D eigenvalue weighted by Gasteiger charge is 2.20. The molecule has 12 heteroatoms. The zero-order chi connectivity index (χ0) is 25.1. The number of hydrogen-bond acceptors (Lipinski definition) is 10. The summed E-state index contributed by atoms with van der Waals surface area (Å²) in [5, 5.41) is 14.7. The average Bonchev–Trinajstić information content (AvgIpc) is 3.43. The molecule has 1 saturated heterocycles. The molecular weight excluding hydrogens is 458 g/mol. The predicted molar refractivity (Wildman–Crippen MR) is 136 cm³/mol. The van der Waals surface area contributed by atoms with Crippen LogP contribution in [0.2, 0.25) is 0 Å². The molecule has 186 valence electrons. The van der Waals surface area contributed by atoms with Gasteiger partial charge in [-0.2, -0.15) is 10.1 Å². The van der Waals surface area contributed by atoms with E-state index in [4.69, 9.17) is 0 Å². The second kappa shape index (κ2) is 10.2. The molecule has 5 rings (SSSR count). The van der Waals surface area contributed by atoms with Crippen molar-refractivity contribution in [1.82, 2.24) is 44.9 Å². The van der Waals surface area contributed by atoms with Gasteiger partial charge in [0.2, 0.25) is 5.95 Å². The molecule has 0 unspecified atom stereocenters. The minimum atomic E-state index is -0.146. The molecule has 0 saturated carbocycles. The number of pyridine rings is 1. The quantitative estimate of drug-likeness (QED) is 0.340. The zero-order valence-electron chi connectivity index (χ0n) is 20.6. The first-order chi connectivity index (χ1) is 17.5. The highest BCUT2D eigenvalue weighted by atomic mass is 16.1. The number of nitrogens with one attached hydrogen (secondary N) is 3. The van der Waals surface area contributed by atoms with E-state index in [1.807, 2.05) is 14.0 Å². The van der Waals surface area contributed by atoms with Crippen molar-refractivity contribution in [2.45, 2.75) is 32.7 Å². The van der Waals surface area contributed by atoms with E-state index >= 15 is 0 Å². The Kier molecular flexibility index (Phi) is 6.67. The Morgan fingerprint density at radius 3 is 2.75 bits per heavy atom. The molecule has 4 aromatic heterocycles. The Morgan fingerprint density at radius 1 is 1.14 bits per heavy atom. The van der Waals surface area contributed by atoms with Crippen molar-refractivity contribution in [2.75, 3.05) is 30.3 Å². The van der Waals surface area contributed by atoms with E-state index in [1.165, 1.54) is 19.2 Å². The number of amides is 1. The molecule has 0 radical (unpaired) electrons. The van der Waals surface area contributed by atoms with Crippen LogP contribution in [0.25, 0.3) is 11.0 Å². The van der Waals surface area contributed by atoms with Gasteiger partial charge in [-0.05, 0) is 39.3 Å². The average molecular weight is 488 g/mol. The van der Waals surface area contributed by atoms with Crippen molar-refractivity contribution in [3.05, 3.63) is 48.4 Å². The molecule has 0 aromatic carbocycles. The standard InChI is InChI=1S/C24H29N11O/c1-15-5-4-7-35(15)8-6-27-23(36)17-9-20(16(2)28-10-17)31-21-19-13-29-24(32-22(19)34(3)33-21)30-18-11-25-14-26-12-18/h9-15H,4-8H2,1-3H3,(H,27,36)(H,31,33)(H,29,30,32)/t15-/m0/s1. The molecule has 0 aliphatic carbocycles. The van der Waals surface area contributed by atoms with Crippen LogP contribution in [0.15, 0.2) is 37.2 Å². The van der Waals surface area contributed by atoms with Gasteiger partial charge >= 0.3 is 0 Å². The smallest absolute Gasteiger partial charge is 0.252 e. The van der Waals surface area contributed by atoms with Gasteiger partial charge in [-0.3, -0.25) is 14.7 Å². The number of fused-ring (bicyclic) bond motifs is 1. The summed E-state index contributed by atoms with van der Waals surface area (Å²) in [6.45, 7) is 6.67. The third kappa shape index (κ3) is 5.08. The van der Waals surface area contributed by atoms with Crippen LogP contribution in [0.4, 0.5) is 23.1 Å². The van der Waals surface area contributed by atoms with Gasteiger partial charge in [0.05, 0.1) is 40.4 Å². The van der Waals surface area contributed by atoms with Crippen LogP contribution in [0, 0.1) is 6.92 Å². The van der Waals surface area contributed by atoms with Crippen LogP contribution >= 0.6 is 0 Å². The van der Waals surface area contributed by atoms with Crippen LogP contribution < -0.4 is 16.0 Å². The summed E-state index contributed by atoms with van der Waals surface area (Å²) in [6.07, 6.45) is 10.5. The SMILES string of the molecule is Cc1ncc(C(=O)NCCN2CCC[C@@H]2C)cc1Nc1nn(C)c2nc(Nc3cncnc3)ncc12. The number of aromatic nitrogens is 7. The van der Waals surface area contributed by atoms with E-state index in [9.17, 15) is 4.79 Å². The molecule has 1 aliphatic rings. The monoisotopic (exact) mass is 487 g/mol. The summed E-state index contributed by atoms with van der Waals surface area (Å²) in [5.74, 6) is 0.839. The maximum atomic E-state index is 12.8. The topological polar surface area (TPSA) is 139 Å². The van der Waals surface area contributed by atoms with Gasteiger partial charge in [0.1, 0.15) is 6.33 Å². The van der Waals surface area contributed by atoms with Crippen molar-refractivity contribution in [3.63, 3.8) is 0 Å². The minimum Gasteiger partial charge on any atom is -0.351 e. The Labute approximate surface area is 208 Å². The Balaban J connectivity index is 1.30. The number of aryl methyl sites for hydroxylation is 2. The molecule has 1 amide bonds. The van der Waals surface area contributed by atoms with E-state index in [-0.39, 0.29) is 5.91 Å². The van der Waals surface area contributed by atoms with Gasteiger partial charge in [-0.1, -0.05) is 0 Å². The summed E-state index contributed by atoms with van der Waals surface area (Å²) >= 11 is 0. The van der Waals surface area contributed by atoms with Crippen molar-refractivity contribution < 1.29 is 4.79 Å². The van der Waals surface area contributed by atoms with Gasteiger partial charge < -0.3 is 16.0 Å². The molecule has 1 atom stereocenters. The molecule has 12 nitrogen and oxygen atoms in total. The third-order valence-electron chi connectivity index (χ3n) is 6.37. The summed E-state index contributed by atoms with van der Waals surface area (Å²) in [4.78, 5) is 36.5. The number of carbonyl (C=O) groups excluding carboxylic acids is 1. The lowest BCUT2D eigenvalue weighted by Gasteiger charge is -2.20. The van der Waals surface area contributed by atoms with Crippen LogP contribution in [-0.2, 0) is 7.05 Å². The Hall–Kier alpha value is -4.19. The highest BCUT2D eigenvalue weighted by molar-refractivity contribution is 5.96. The maximum Gasteiger partial charge on any atom is 0.252 e. The maximum absolute atomic E-state index is 12.8. The van der Waals surface area contributed by atoms with E-state index in [2.05, 4.69) is 57.8 Å². The van der Waals surface area contributed by atoms with Crippen LogP contribution in [0.5, 0.6) is 0 Å². The van der Waals surface area contributed by atoms with Crippen molar-refractivity contribution in [3.8, 4) is 0 Å². The van der Waals surface area contributed by atoms with Crippen LogP contribution in [0.3, 0.4) is 0 Å². The molecule has 4 aromatic rings. The first kappa shape index (κ1) is 23.5. The molecular formula is C24H29N11O. The van der Waals surface area contributed by atoms with Gasteiger partial charge in [0.25, 0.3) is 5.91 Å².